The van der Waals surface area contributed by atoms with Gasteiger partial charge in [0, 0.05) is 19.2 Å². The highest BCUT2D eigenvalue weighted by Crippen LogP contribution is 2.29. The van der Waals surface area contributed by atoms with Crippen molar-refractivity contribution >= 4 is 11.6 Å². The van der Waals surface area contributed by atoms with Gasteiger partial charge in [0.05, 0.1) is 11.6 Å². The van der Waals surface area contributed by atoms with Crippen molar-refractivity contribution < 1.29 is 13.9 Å². The Hall–Kier alpha value is -1.62. The molecule has 1 aliphatic heterocycles. The summed E-state index contributed by atoms with van der Waals surface area (Å²) in [4.78, 5) is 0. The zero-order valence-corrected chi connectivity index (χ0v) is 12.7. The number of halogens is 2. The van der Waals surface area contributed by atoms with Crippen LogP contribution in [0, 0.1) is 5.82 Å². The van der Waals surface area contributed by atoms with Crippen LogP contribution in [0.25, 0.3) is 0 Å². The third kappa shape index (κ3) is 3.58. The Bertz CT molecular complexity index is 617. The molecular weight excluding hydrogens is 305 g/mol. The Balaban J connectivity index is 1.86. The molecule has 0 bridgehead atoms. The van der Waals surface area contributed by atoms with Crippen molar-refractivity contribution in [2.75, 3.05) is 19.7 Å². The lowest BCUT2D eigenvalue weighted by Gasteiger charge is -2.31. The van der Waals surface area contributed by atoms with Gasteiger partial charge in [-0.25, -0.2) is 4.39 Å². The maximum absolute atomic E-state index is 13.3. The van der Waals surface area contributed by atoms with Crippen LogP contribution in [0.4, 0.5) is 4.39 Å². The smallest absolute Gasteiger partial charge is 0.151 e. The van der Waals surface area contributed by atoms with Gasteiger partial charge >= 0.3 is 0 Å². The van der Waals surface area contributed by atoms with Gasteiger partial charge in [-0.15, -0.1) is 0 Å². The fourth-order valence-electron chi connectivity index (χ4n) is 2.48. The fourth-order valence-corrected chi connectivity index (χ4v) is 2.65. The van der Waals surface area contributed by atoms with E-state index in [2.05, 4.69) is 5.32 Å². The van der Waals surface area contributed by atoms with E-state index in [1.54, 1.807) is 6.07 Å². The molecule has 2 aromatic rings. The lowest BCUT2D eigenvalue weighted by atomic mass is 10.0. The Morgan fingerprint density at radius 3 is 2.73 bits per heavy atom. The summed E-state index contributed by atoms with van der Waals surface area (Å²) in [5.74, 6) is 0.0651. The molecule has 2 atom stereocenters. The van der Waals surface area contributed by atoms with Crippen molar-refractivity contribution in [2.24, 2.45) is 0 Å². The molecule has 0 radical (unpaired) electrons. The molecule has 0 spiro atoms. The van der Waals surface area contributed by atoms with Crippen LogP contribution in [-0.4, -0.2) is 25.8 Å². The molecule has 3 rings (SSSR count). The highest BCUT2D eigenvalue weighted by molar-refractivity contribution is 6.30. The quantitative estimate of drug-likeness (QED) is 0.933. The summed E-state index contributed by atoms with van der Waals surface area (Å²) in [7, 11) is 0. The van der Waals surface area contributed by atoms with Crippen molar-refractivity contribution in [1.82, 2.24) is 5.32 Å². The summed E-state index contributed by atoms with van der Waals surface area (Å²) in [5.41, 5.74) is 1.01. The van der Waals surface area contributed by atoms with Gasteiger partial charge < -0.3 is 14.8 Å². The van der Waals surface area contributed by atoms with Crippen LogP contribution in [0.5, 0.6) is 5.75 Å². The van der Waals surface area contributed by atoms with Gasteiger partial charge in [0.15, 0.2) is 6.10 Å². The topological polar surface area (TPSA) is 30.5 Å². The number of rotatable bonds is 4. The summed E-state index contributed by atoms with van der Waals surface area (Å²) >= 11 is 5.83. The molecule has 5 heteroatoms. The second kappa shape index (κ2) is 7.09. The molecule has 1 aliphatic rings. The van der Waals surface area contributed by atoms with E-state index >= 15 is 0 Å². The van der Waals surface area contributed by atoms with Crippen molar-refractivity contribution in [3.8, 4) is 5.75 Å². The zero-order chi connectivity index (χ0) is 15.4. The predicted molar refractivity (Wildman–Crippen MR) is 83.8 cm³/mol. The summed E-state index contributed by atoms with van der Waals surface area (Å²) in [6.07, 6.45) is -0.393. The number of hydrogen-bond donors (Lipinski definition) is 1. The van der Waals surface area contributed by atoms with Crippen LogP contribution < -0.4 is 10.1 Å². The van der Waals surface area contributed by atoms with Crippen molar-refractivity contribution in [3.05, 3.63) is 64.9 Å². The van der Waals surface area contributed by atoms with Crippen LogP contribution in [0.3, 0.4) is 0 Å². The van der Waals surface area contributed by atoms with E-state index in [1.165, 1.54) is 12.1 Å². The van der Waals surface area contributed by atoms with E-state index in [0.717, 1.165) is 12.1 Å². The molecule has 3 nitrogen and oxygen atoms in total. The fraction of sp³-hybridized carbons (Fsp3) is 0.294. The highest BCUT2D eigenvalue weighted by atomic mass is 35.5. The summed E-state index contributed by atoms with van der Waals surface area (Å²) < 4.78 is 25.2. The second-order valence-corrected chi connectivity index (χ2v) is 5.55. The van der Waals surface area contributed by atoms with Crippen LogP contribution in [-0.2, 0) is 4.74 Å². The molecule has 0 aromatic heterocycles. The van der Waals surface area contributed by atoms with Gasteiger partial charge in [-0.2, -0.15) is 0 Å². The maximum Gasteiger partial charge on any atom is 0.151 e. The second-order valence-electron chi connectivity index (χ2n) is 5.14. The summed E-state index contributed by atoms with van der Waals surface area (Å²) in [6, 6.07) is 14.2. The van der Waals surface area contributed by atoms with E-state index in [9.17, 15) is 4.39 Å². The average Bonchev–Trinajstić information content (AvgIpc) is 2.57. The van der Waals surface area contributed by atoms with Gasteiger partial charge in [0.1, 0.15) is 17.7 Å². The normalized spacial score (nSPS) is 19.6. The van der Waals surface area contributed by atoms with Gasteiger partial charge in [-0.3, -0.25) is 0 Å². The van der Waals surface area contributed by atoms with Crippen LogP contribution >= 0.6 is 11.6 Å². The van der Waals surface area contributed by atoms with Crippen LogP contribution in [0.2, 0.25) is 5.02 Å². The molecule has 0 aliphatic carbocycles. The van der Waals surface area contributed by atoms with Gasteiger partial charge in [0.25, 0.3) is 0 Å². The monoisotopic (exact) mass is 321 g/mol. The van der Waals surface area contributed by atoms with Crippen molar-refractivity contribution in [1.29, 1.82) is 0 Å². The SMILES string of the molecule is Fc1ccc(OC(c2ccccc2)C2CNCCO2)cc1Cl. The molecule has 1 heterocycles. The lowest BCUT2D eigenvalue weighted by Crippen LogP contribution is -2.43. The summed E-state index contributed by atoms with van der Waals surface area (Å²) in [5, 5.41) is 3.35. The van der Waals surface area contributed by atoms with E-state index in [-0.39, 0.29) is 17.2 Å². The molecule has 2 aromatic carbocycles. The largest absolute Gasteiger partial charge is 0.483 e. The first-order valence-electron chi connectivity index (χ1n) is 7.23. The van der Waals surface area contributed by atoms with Gasteiger partial charge in [-0.1, -0.05) is 41.9 Å². The van der Waals surface area contributed by atoms with E-state index in [0.29, 0.717) is 18.9 Å². The minimum absolute atomic E-state index is 0.0481. The Morgan fingerprint density at radius 1 is 1.23 bits per heavy atom. The van der Waals surface area contributed by atoms with Gasteiger partial charge in [-0.05, 0) is 17.7 Å². The van der Waals surface area contributed by atoms with E-state index in [1.807, 2.05) is 30.3 Å². The number of benzene rings is 2. The molecule has 116 valence electrons. The van der Waals surface area contributed by atoms with Gasteiger partial charge in [0.2, 0.25) is 0 Å². The first-order chi connectivity index (χ1) is 10.7. The minimum Gasteiger partial charge on any atom is -0.483 e. The zero-order valence-electron chi connectivity index (χ0n) is 12.0. The molecule has 1 saturated heterocycles. The lowest BCUT2D eigenvalue weighted by molar-refractivity contribution is -0.0432. The third-order valence-corrected chi connectivity index (χ3v) is 3.87. The Kier molecular flexibility index (Phi) is 4.93. The van der Waals surface area contributed by atoms with E-state index < -0.39 is 5.82 Å². The average molecular weight is 322 g/mol. The molecular formula is C17H17ClFNO2. The number of hydrogen-bond acceptors (Lipinski definition) is 3. The first kappa shape index (κ1) is 15.3. The highest BCUT2D eigenvalue weighted by Gasteiger charge is 2.28. The van der Waals surface area contributed by atoms with Crippen molar-refractivity contribution in [2.45, 2.75) is 12.2 Å². The number of nitrogens with one attached hydrogen (secondary N) is 1. The van der Waals surface area contributed by atoms with Crippen molar-refractivity contribution in [3.63, 3.8) is 0 Å². The molecule has 2 unspecified atom stereocenters. The standard InChI is InChI=1S/C17H17ClFNO2/c18-14-10-13(6-7-15(14)19)22-17(12-4-2-1-3-5-12)16-11-20-8-9-21-16/h1-7,10,16-17,20H,8-9,11H2. The number of morpholine rings is 1. The molecule has 1 fully saturated rings. The van der Waals surface area contributed by atoms with Crippen LogP contribution in [0.1, 0.15) is 11.7 Å². The van der Waals surface area contributed by atoms with E-state index in [4.69, 9.17) is 21.1 Å². The molecule has 0 amide bonds. The molecule has 22 heavy (non-hydrogen) atoms. The minimum atomic E-state index is -0.458. The molecule has 1 N–H and O–H groups in total. The molecule has 0 saturated carbocycles. The maximum atomic E-state index is 13.3. The first-order valence-corrected chi connectivity index (χ1v) is 7.61. The van der Waals surface area contributed by atoms with Crippen LogP contribution in [0.15, 0.2) is 48.5 Å². The summed E-state index contributed by atoms with van der Waals surface area (Å²) in [6.45, 7) is 2.18. The Morgan fingerprint density at radius 2 is 2.05 bits per heavy atom. The third-order valence-electron chi connectivity index (χ3n) is 3.58. The predicted octanol–water partition coefficient (Wildman–Crippen LogP) is 3.59. The Labute approximate surface area is 134 Å². The number of ether oxygens (including phenoxy) is 2.